The molecule has 4 heteroatoms. The summed E-state index contributed by atoms with van der Waals surface area (Å²) < 4.78 is 2.53. The number of imidazole rings is 1. The molecule has 1 unspecified atom stereocenters. The largest absolute Gasteiger partial charge is 0.331 e. The summed E-state index contributed by atoms with van der Waals surface area (Å²) in [6, 6.07) is 0. The Morgan fingerprint density at radius 3 is 3.06 bits per heavy atom. The number of hydrogen-bond acceptors (Lipinski definition) is 3. The van der Waals surface area contributed by atoms with Crippen LogP contribution in [0.4, 0.5) is 0 Å². The van der Waals surface area contributed by atoms with Gasteiger partial charge in [-0.05, 0) is 25.9 Å². The van der Waals surface area contributed by atoms with E-state index in [0.717, 1.165) is 31.8 Å². The molecule has 18 heavy (non-hydrogen) atoms. The molecule has 0 radical (unpaired) electrons. The van der Waals surface area contributed by atoms with Crippen LogP contribution in [0.25, 0.3) is 0 Å². The highest BCUT2D eigenvalue weighted by Crippen LogP contribution is 2.22. The van der Waals surface area contributed by atoms with Crippen LogP contribution in [0.2, 0.25) is 0 Å². The van der Waals surface area contributed by atoms with Crippen molar-refractivity contribution in [1.82, 2.24) is 19.8 Å². The maximum atomic E-state index is 4.82. The lowest BCUT2D eigenvalue weighted by Gasteiger charge is -2.19. The predicted molar refractivity (Wildman–Crippen MR) is 72.6 cm³/mol. The van der Waals surface area contributed by atoms with Crippen molar-refractivity contribution in [3.63, 3.8) is 0 Å². The second kappa shape index (κ2) is 5.02. The Bertz CT molecular complexity index is 424. The van der Waals surface area contributed by atoms with Crippen LogP contribution in [0.1, 0.15) is 30.6 Å². The molecule has 3 heterocycles. The average molecular weight is 248 g/mol. The van der Waals surface area contributed by atoms with E-state index in [9.17, 15) is 0 Å². The van der Waals surface area contributed by atoms with Gasteiger partial charge in [-0.25, -0.2) is 4.98 Å². The minimum absolute atomic E-state index is 0.813. The third kappa shape index (κ3) is 2.19. The summed E-state index contributed by atoms with van der Waals surface area (Å²) in [5.74, 6) is 2.10. The molecular weight excluding hydrogens is 224 g/mol. The van der Waals surface area contributed by atoms with Gasteiger partial charge < -0.3 is 14.8 Å². The molecule has 3 rings (SSSR count). The summed E-state index contributed by atoms with van der Waals surface area (Å²) in [5, 5.41) is 3.42. The zero-order valence-electron chi connectivity index (χ0n) is 11.6. The van der Waals surface area contributed by atoms with Gasteiger partial charge in [0.15, 0.2) is 0 Å². The zero-order chi connectivity index (χ0) is 12.5. The van der Waals surface area contributed by atoms with E-state index < -0.39 is 0 Å². The third-order valence-electron chi connectivity index (χ3n) is 4.31. The standard InChI is InChI=1S/C14H24N4/c1-3-14-16-12-8-15-6-4-13(12)18(14)10-11-5-7-17(2)9-11/h11,15H,3-10H2,1-2H3. The molecule has 4 nitrogen and oxygen atoms in total. The summed E-state index contributed by atoms with van der Waals surface area (Å²) in [7, 11) is 2.23. The molecule has 1 saturated heterocycles. The van der Waals surface area contributed by atoms with Crippen LogP contribution in [-0.4, -0.2) is 41.1 Å². The Morgan fingerprint density at radius 1 is 1.44 bits per heavy atom. The fourth-order valence-corrected chi connectivity index (χ4v) is 3.35. The van der Waals surface area contributed by atoms with Gasteiger partial charge in [0, 0.05) is 44.7 Å². The molecule has 2 aliphatic heterocycles. The van der Waals surface area contributed by atoms with Crippen molar-refractivity contribution in [3.05, 3.63) is 17.2 Å². The monoisotopic (exact) mass is 248 g/mol. The van der Waals surface area contributed by atoms with E-state index in [4.69, 9.17) is 4.98 Å². The molecule has 2 aliphatic rings. The van der Waals surface area contributed by atoms with Crippen LogP contribution >= 0.6 is 0 Å². The van der Waals surface area contributed by atoms with E-state index in [-0.39, 0.29) is 0 Å². The highest BCUT2D eigenvalue weighted by molar-refractivity contribution is 5.20. The third-order valence-corrected chi connectivity index (χ3v) is 4.31. The quantitative estimate of drug-likeness (QED) is 0.868. The lowest BCUT2D eigenvalue weighted by atomic mass is 10.1. The minimum atomic E-state index is 0.813. The van der Waals surface area contributed by atoms with Gasteiger partial charge in [0.1, 0.15) is 5.82 Å². The summed E-state index contributed by atoms with van der Waals surface area (Å²) in [6.45, 7) is 7.96. The van der Waals surface area contributed by atoms with Gasteiger partial charge in [0.05, 0.1) is 5.69 Å². The molecule has 0 saturated carbocycles. The molecule has 1 N–H and O–H groups in total. The lowest BCUT2D eigenvalue weighted by molar-refractivity contribution is 0.373. The van der Waals surface area contributed by atoms with E-state index in [1.54, 1.807) is 0 Å². The number of nitrogens with zero attached hydrogens (tertiary/aromatic N) is 3. The Morgan fingerprint density at radius 2 is 2.33 bits per heavy atom. The number of aryl methyl sites for hydroxylation is 1. The van der Waals surface area contributed by atoms with Crippen molar-refractivity contribution in [2.45, 2.75) is 39.3 Å². The van der Waals surface area contributed by atoms with E-state index in [2.05, 4.69) is 28.8 Å². The molecule has 0 spiro atoms. The van der Waals surface area contributed by atoms with Crippen molar-refractivity contribution >= 4 is 0 Å². The van der Waals surface area contributed by atoms with Crippen molar-refractivity contribution in [1.29, 1.82) is 0 Å². The van der Waals surface area contributed by atoms with Crippen molar-refractivity contribution < 1.29 is 0 Å². The SMILES string of the molecule is CCc1nc2c(n1CC1CCN(C)C1)CCNC2. The Labute approximate surface area is 109 Å². The van der Waals surface area contributed by atoms with Gasteiger partial charge in [0.25, 0.3) is 0 Å². The second-order valence-corrected chi connectivity index (χ2v) is 5.73. The fraction of sp³-hybridized carbons (Fsp3) is 0.786. The first kappa shape index (κ1) is 12.2. The van der Waals surface area contributed by atoms with Gasteiger partial charge in [-0.15, -0.1) is 0 Å². The van der Waals surface area contributed by atoms with Crippen molar-refractivity contribution in [2.75, 3.05) is 26.7 Å². The van der Waals surface area contributed by atoms with E-state index >= 15 is 0 Å². The highest BCUT2D eigenvalue weighted by atomic mass is 15.2. The van der Waals surface area contributed by atoms with Crippen LogP contribution in [0.5, 0.6) is 0 Å². The molecule has 0 aromatic carbocycles. The topological polar surface area (TPSA) is 33.1 Å². The molecule has 1 aromatic heterocycles. The Balaban J connectivity index is 1.83. The number of likely N-dealkylation sites (tertiary alicyclic amines) is 1. The molecule has 1 aromatic rings. The van der Waals surface area contributed by atoms with Gasteiger partial charge >= 0.3 is 0 Å². The van der Waals surface area contributed by atoms with Gasteiger partial charge in [-0.1, -0.05) is 6.92 Å². The van der Waals surface area contributed by atoms with Crippen LogP contribution in [0.3, 0.4) is 0 Å². The first-order valence-corrected chi connectivity index (χ1v) is 7.24. The average Bonchev–Trinajstić information content (AvgIpc) is 2.94. The van der Waals surface area contributed by atoms with Crippen LogP contribution in [-0.2, 0) is 25.9 Å². The van der Waals surface area contributed by atoms with Crippen molar-refractivity contribution in [3.8, 4) is 0 Å². The molecule has 0 amide bonds. The number of aromatic nitrogens is 2. The number of hydrogen-bond donors (Lipinski definition) is 1. The molecule has 1 fully saturated rings. The first-order chi connectivity index (χ1) is 8.78. The normalized spacial score (nSPS) is 24.4. The fourth-order valence-electron chi connectivity index (χ4n) is 3.35. The Hall–Kier alpha value is -0.870. The number of rotatable bonds is 3. The van der Waals surface area contributed by atoms with Gasteiger partial charge in [-0.3, -0.25) is 0 Å². The summed E-state index contributed by atoms with van der Waals surface area (Å²) >= 11 is 0. The molecule has 100 valence electrons. The maximum absolute atomic E-state index is 4.82. The van der Waals surface area contributed by atoms with Crippen LogP contribution in [0, 0.1) is 5.92 Å². The van der Waals surface area contributed by atoms with Crippen LogP contribution < -0.4 is 5.32 Å². The smallest absolute Gasteiger partial charge is 0.108 e. The molecule has 0 aliphatic carbocycles. The highest BCUT2D eigenvalue weighted by Gasteiger charge is 2.24. The second-order valence-electron chi connectivity index (χ2n) is 5.73. The molecule has 0 bridgehead atoms. The van der Waals surface area contributed by atoms with E-state index in [1.165, 1.54) is 43.3 Å². The van der Waals surface area contributed by atoms with E-state index in [0.29, 0.717) is 0 Å². The maximum Gasteiger partial charge on any atom is 0.108 e. The Kier molecular flexibility index (Phi) is 3.39. The number of nitrogens with one attached hydrogen (secondary N) is 1. The zero-order valence-corrected chi connectivity index (χ0v) is 11.6. The minimum Gasteiger partial charge on any atom is -0.331 e. The number of fused-ring (bicyclic) bond motifs is 1. The summed E-state index contributed by atoms with van der Waals surface area (Å²) in [4.78, 5) is 7.26. The summed E-state index contributed by atoms with van der Waals surface area (Å²) in [6.07, 6.45) is 3.53. The van der Waals surface area contributed by atoms with Crippen molar-refractivity contribution in [2.24, 2.45) is 5.92 Å². The van der Waals surface area contributed by atoms with E-state index in [1.807, 2.05) is 0 Å². The lowest BCUT2D eigenvalue weighted by Crippen LogP contribution is -2.26. The van der Waals surface area contributed by atoms with Gasteiger partial charge in [-0.2, -0.15) is 0 Å². The molecular formula is C14H24N4. The van der Waals surface area contributed by atoms with Gasteiger partial charge in [0.2, 0.25) is 0 Å². The van der Waals surface area contributed by atoms with Crippen LogP contribution in [0.15, 0.2) is 0 Å². The summed E-state index contributed by atoms with van der Waals surface area (Å²) in [5.41, 5.74) is 2.80. The predicted octanol–water partition coefficient (Wildman–Crippen LogP) is 1.04. The first-order valence-electron chi connectivity index (χ1n) is 7.24. The molecule has 1 atom stereocenters.